The van der Waals surface area contributed by atoms with Gasteiger partial charge < -0.3 is 20.3 Å². The van der Waals surface area contributed by atoms with Crippen molar-refractivity contribution in [3.05, 3.63) is 46.0 Å². The predicted octanol–water partition coefficient (Wildman–Crippen LogP) is 2.44. The van der Waals surface area contributed by atoms with E-state index in [1.165, 1.54) is 0 Å². The van der Waals surface area contributed by atoms with E-state index in [9.17, 15) is 14.4 Å². The van der Waals surface area contributed by atoms with Crippen LogP contribution >= 0.6 is 11.6 Å². The lowest BCUT2D eigenvalue weighted by Gasteiger charge is -2.14. The molecule has 2 atom stereocenters. The molecule has 2 heterocycles. The maximum absolute atomic E-state index is 12.5. The van der Waals surface area contributed by atoms with Crippen LogP contribution in [0.15, 0.2) is 18.2 Å². The van der Waals surface area contributed by atoms with Gasteiger partial charge in [0, 0.05) is 18.8 Å². The fourth-order valence-electron chi connectivity index (χ4n) is 3.52. The number of H-pyrrole nitrogens is 1. The quantitative estimate of drug-likeness (QED) is 0.710. The Labute approximate surface area is 165 Å². The SMILES string of the molecule is CCc1[nH]c(C(=O)Nc2ccc3c(c2)CN(C(=O)C2CC2C(=O)O)C3)nc1Cl. The van der Waals surface area contributed by atoms with Gasteiger partial charge in [-0.1, -0.05) is 24.6 Å². The molecule has 8 nitrogen and oxygen atoms in total. The number of aromatic amines is 1. The van der Waals surface area contributed by atoms with Crippen LogP contribution in [0.3, 0.4) is 0 Å². The number of aromatic nitrogens is 2. The summed E-state index contributed by atoms with van der Waals surface area (Å²) < 4.78 is 0. The molecule has 2 amide bonds. The largest absolute Gasteiger partial charge is 0.481 e. The summed E-state index contributed by atoms with van der Waals surface area (Å²) in [5, 5.41) is 12.1. The van der Waals surface area contributed by atoms with Crippen molar-refractivity contribution in [1.82, 2.24) is 14.9 Å². The van der Waals surface area contributed by atoms with E-state index in [2.05, 4.69) is 15.3 Å². The standard InChI is InChI=1S/C19H19ClN4O4/c1-2-14-15(20)23-16(22-14)17(25)21-11-4-3-9-7-24(8-10(9)5-11)18(26)12-6-13(12)19(27)28/h3-5,12-13H,2,6-8H2,1H3,(H,21,25)(H,22,23)(H,27,28). The Bertz CT molecular complexity index is 986. The maximum atomic E-state index is 12.5. The number of imidazole rings is 1. The zero-order chi connectivity index (χ0) is 20.0. The van der Waals surface area contributed by atoms with Crippen molar-refractivity contribution in [2.24, 2.45) is 11.8 Å². The molecule has 2 aliphatic rings. The number of benzene rings is 1. The van der Waals surface area contributed by atoms with Crippen LogP contribution in [0.2, 0.25) is 5.15 Å². The molecule has 0 saturated heterocycles. The minimum Gasteiger partial charge on any atom is -0.481 e. The molecule has 1 aliphatic carbocycles. The molecule has 4 rings (SSSR count). The molecule has 2 aromatic rings. The molecule has 3 N–H and O–H groups in total. The van der Waals surface area contributed by atoms with E-state index in [1.807, 2.05) is 19.1 Å². The minimum absolute atomic E-state index is 0.119. The second kappa shape index (κ2) is 6.94. The van der Waals surface area contributed by atoms with Gasteiger partial charge in [0.1, 0.15) is 0 Å². The Morgan fingerprint density at radius 2 is 2.04 bits per heavy atom. The number of carbonyl (C=O) groups is 3. The summed E-state index contributed by atoms with van der Waals surface area (Å²) in [6, 6.07) is 5.47. The Kier molecular flexibility index (Phi) is 4.58. The van der Waals surface area contributed by atoms with Crippen LogP contribution in [0.5, 0.6) is 0 Å². The summed E-state index contributed by atoms with van der Waals surface area (Å²) in [7, 11) is 0. The van der Waals surface area contributed by atoms with Crippen molar-refractivity contribution in [2.45, 2.75) is 32.9 Å². The van der Waals surface area contributed by atoms with Gasteiger partial charge in [-0.05, 0) is 36.1 Å². The smallest absolute Gasteiger partial charge is 0.307 e. The van der Waals surface area contributed by atoms with Crippen molar-refractivity contribution in [3.8, 4) is 0 Å². The molecular weight excluding hydrogens is 384 g/mol. The summed E-state index contributed by atoms with van der Waals surface area (Å²) in [6.07, 6.45) is 1.05. The molecule has 146 valence electrons. The second-order valence-corrected chi connectivity index (χ2v) is 7.49. The number of rotatable bonds is 5. The van der Waals surface area contributed by atoms with Crippen LogP contribution in [0.25, 0.3) is 0 Å². The molecule has 1 saturated carbocycles. The lowest BCUT2D eigenvalue weighted by molar-refractivity contribution is -0.142. The number of anilines is 1. The molecule has 2 unspecified atom stereocenters. The zero-order valence-corrected chi connectivity index (χ0v) is 15.9. The number of carboxylic acid groups (broad SMARTS) is 1. The van der Waals surface area contributed by atoms with Gasteiger partial charge in [0.25, 0.3) is 5.91 Å². The summed E-state index contributed by atoms with van der Waals surface area (Å²) in [6.45, 7) is 2.78. The highest BCUT2D eigenvalue weighted by molar-refractivity contribution is 6.30. The van der Waals surface area contributed by atoms with Gasteiger partial charge in [0.15, 0.2) is 11.0 Å². The fourth-order valence-corrected chi connectivity index (χ4v) is 3.79. The first-order chi connectivity index (χ1) is 13.4. The van der Waals surface area contributed by atoms with Crippen LogP contribution in [0, 0.1) is 11.8 Å². The number of nitrogens with one attached hydrogen (secondary N) is 2. The third kappa shape index (κ3) is 3.35. The van der Waals surface area contributed by atoms with E-state index in [4.69, 9.17) is 16.7 Å². The van der Waals surface area contributed by atoms with E-state index < -0.39 is 23.7 Å². The highest BCUT2D eigenvalue weighted by Crippen LogP contribution is 2.41. The van der Waals surface area contributed by atoms with Crippen LogP contribution in [0.4, 0.5) is 5.69 Å². The first-order valence-electron chi connectivity index (χ1n) is 9.06. The normalized spacial score (nSPS) is 20.0. The average molecular weight is 403 g/mol. The van der Waals surface area contributed by atoms with Crippen LogP contribution in [-0.2, 0) is 29.1 Å². The monoisotopic (exact) mass is 402 g/mol. The number of aliphatic carboxylic acids is 1. The summed E-state index contributed by atoms with van der Waals surface area (Å²) in [5.41, 5.74) is 3.23. The molecule has 1 fully saturated rings. The first kappa shape index (κ1) is 18.5. The Balaban J connectivity index is 1.42. The number of halogens is 1. The average Bonchev–Trinajstić information content (AvgIpc) is 3.22. The summed E-state index contributed by atoms with van der Waals surface area (Å²) >= 11 is 5.98. The Hall–Kier alpha value is -2.87. The summed E-state index contributed by atoms with van der Waals surface area (Å²) in [4.78, 5) is 44.4. The lowest BCUT2D eigenvalue weighted by atomic mass is 10.1. The van der Waals surface area contributed by atoms with Crippen molar-refractivity contribution in [1.29, 1.82) is 0 Å². The summed E-state index contributed by atoms with van der Waals surface area (Å²) in [5.74, 6) is -2.25. The van der Waals surface area contributed by atoms with Gasteiger partial charge in [-0.25, -0.2) is 4.98 Å². The van der Waals surface area contributed by atoms with Crippen LogP contribution in [0.1, 0.15) is 40.8 Å². The lowest BCUT2D eigenvalue weighted by Crippen LogP contribution is -2.28. The van der Waals surface area contributed by atoms with Gasteiger partial charge in [-0.15, -0.1) is 0 Å². The number of carbonyl (C=O) groups excluding carboxylic acids is 2. The van der Waals surface area contributed by atoms with E-state index in [-0.39, 0.29) is 16.9 Å². The number of hydrogen-bond donors (Lipinski definition) is 3. The van der Waals surface area contributed by atoms with Crippen molar-refractivity contribution in [2.75, 3.05) is 5.32 Å². The van der Waals surface area contributed by atoms with Gasteiger partial charge in [-0.3, -0.25) is 14.4 Å². The van der Waals surface area contributed by atoms with Gasteiger partial charge in [0.2, 0.25) is 5.91 Å². The van der Waals surface area contributed by atoms with E-state index >= 15 is 0 Å². The molecule has 1 aromatic carbocycles. The highest BCUT2D eigenvalue weighted by Gasteiger charge is 2.50. The number of hydrogen-bond acceptors (Lipinski definition) is 4. The molecule has 0 spiro atoms. The first-order valence-corrected chi connectivity index (χ1v) is 9.44. The van der Waals surface area contributed by atoms with Gasteiger partial charge in [0.05, 0.1) is 17.5 Å². The van der Waals surface area contributed by atoms with Crippen molar-refractivity contribution >= 4 is 35.1 Å². The number of amides is 2. The predicted molar refractivity (Wildman–Crippen MR) is 101 cm³/mol. The highest BCUT2D eigenvalue weighted by atomic mass is 35.5. The molecule has 1 aliphatic heterocycles. The number of aryl methyl sites for hydroxylation is 1. The van der Waals surface area contributed by atoms with Crippen molar-refractivity contribution < 1.29 is 19.5 Å². The molecule has 1 aromatic heterocycles. The molecular formula is C19H19ClN4O4. The topological polar surface area (TPSA) is 115 Å². The van der Waals surface area contributed by atoms with Crippen LogP contribution in [-0.4, -0.2) is 37.8 Å². The van der Waals surface area contributed by atoms with Gasteiger partial charge >= 0.3 is 5.97 Å². The number of fused-ring (bicyclic) bond motifs is 1. The fraction of sp³-hybridized carbons (Fsp3) is 0.368. The molecule has 0 radical (unpaired) electrons. The van der Waals surface area contributed by atoms with Crippen molar-refractivity contribution in [3.63, 3.8) is 0 Å². The maximum Gasteiger partial charge on any atom is 0.307 e. The van der Waals surface area contributed by atoms with Gasteiger partial charge in [-0.2, -0.15) is 0 Å². The second-order valence-electron chi connectivity index (χ2n) is 7.13. The molecule has 0 bridgehead atoms. The van der Waals surface area contributed by atoms with Crippen LogP contribution < -0.4 is 5.32 Å². The third-order valence-electron chi connectivity index (χ3n) is 5.22. The molecule has 28 heavy (non-hydrogen) atoms. The third-order valence-corrected chi connectivity index (χ3v) is 5.53. The van der Waals surface area contributed by atoms with E-state index in [0.29, 0.717) is 37.3 Å². The van der Waals surface area contributed by atoms with E-state index in [1.54, 1.807) is 11.0 Å². The Morgan fingerprint density at radius 3 is 2.68 bits per heavy atom. The van der Waals surface area contributed by atoms with E-state index in [0.717, 1.165) is 11.1 Å². The zero-order valence-electron chi connectivity index (χ0n) is 15.2. The molecule has 9 heteroatoms. The number of carboxylic acids is 1. The Morgan fingerprint density at radius 1 is 1.29 bits per heavy atom. The number of nitrogens with zero attached hydrogens (tertiary/aromatic N) is 2. The minimum atomic E-state index is -0.913.